The SMILES string of the molecule is [N-]=[N+]=NCC=Cc1sccc1C(=O)O. The molecule has 1 heterocycles. The predicted octanol–water partition coefficient (Wildman–Crippen LogP) is 2.77. The van der Waals surface area contributed by atoms with Crippen LogP contribution in [-0.4, -0.2) is 17.6 Å². The second kappa shape index (κ2) is 5.06. The molecule has 0 amide bonds. The van der Waals surface area contributed by atoms with Crippen molar-refractivity contribution in [2.45, 2.75) is 0 Å². The Bertz CT molecular complexity index is 404. The fourth-order valence-electron chi connectivity index (χ4n) is 0.870. The Kier molecular flexibility index (Phi) is 3.72. The molecule has 1 aromatic heterocycles. The summed E-state index contributed by atoms with van der Waals surface area (Å²) >= 11 is 1.33. The maximum absolute atomic E-state index is 10.7. The van der Waals surface area contributed by atoms with Gasteiger partial charge in [0, 0.05) is 16.3 Å². The van der Waals surface area contributed by atoms with E-state index in [2.05, 4.69) is 10.0 Å². The van der Waals surface area contributed by atoms with E-state index in [-0.39, 0.29) is 12.1 Å². The minimum absolute atomic E-state index is 0.230. The first-order chi connectivity index (χ1) is 6.75. The van der Waals surface area contributed by atoms with Gasteiger partial charge in [-0.1, -0.05) is 11.2 Å². The lowest BCUT2D eigenvalue weighted by Crippen LogP contribution is -1.94. The van der Waals surface area contributed by atoms with Gasteiger partial charge >= 0.3 is 5.97 Å². The number of nitrogens with zero attached hydrogens (tertiary/aromatic N) is 3. The normalized spacial score (nSPS) is 10.0. The fraction of sp³-hybridized carbons (Fsp3) is 0.125. The molecule has 0 atom stereocenters. The van der Waals surface area contributed by atoms with E-state index in [1.807, 2.05) is 0 Å². The summed E-state index contributed by atoms with van der Waals surface area (Å²) in [5, 5.41) is 13.7. The maximum Gasteiger partial charge on any atom is 0.337 e. The van der Waals surface area contributed by atoms with E-state index < -0.39 is 5.97 Å². The van der Waals surface area contributed by atoms with Crippen LogP contribution in [0.4, 0.5) is 0 Å². The van der Waals surface area contributed by atoms with E-state index in [1.165, 1.54) is 11.3 Å². The van der Waals surface area contributed by atoms with E-state index in [4.69, 9.17) is 10.6 Å². The number of carboxylic acids is 1. The first-order valence-electron chi connectivity index (χ1n) is 3.74. The first kappa shape index (κ1) is 10.3. The van der Waals surface area contributed by atoms with Gasteiger partial charge in [0.25, 0.3) is 0 Å². The summed E-state index contributed by atoms with van der Waals surface area (Å²) in [6.45, 7) is 0.230. The number of hydrogen-bond acceptors (Lipinski definition) is 3. The van der Waals surface area contributed by atoms with Crippen LogP contribution in [0.1, 0.15) is 15.2 Å². The van der Waals surface area contributed by atoms with E-state index in [9.17, 15) is 4.79 Å². The Balaban J connectivity index is 2.75. The van der Waals surface area contributed by atoms with Gasteiger partial charge in [-0.25, -0.2) is 4.79 Å². The Labute approximate surface area is 83.9 Å². The molecule has 14 heavy (non-hydrogen) atoms. The highest BCUT2D eigenvalue weighted by atomic mass is 32.1. The van der Waals surface area contributed by atoms with E-state index >= 15 is 0 Å². The largest absolute Gasteiger partial charge is 0.478 e. The summed E-state index contributed by atoms with van der Waals surface area (Å²) in [6.07, 6.45) is 3.26. The van der Waals surface area contributed by atoms with Crippen LogP contribution in [-0.2, 0) is 0 Å². The molecule has 6 heteroatoms. The molecule has 0 spiro atoms. The lowest BCUT2D eigenvalue weighted by Gasteiger charge is -1.90. The molecule has 5 nitrogen and oxygen atoms in total. The van der Waals surface area contributed by atoms with E-state index in [0.29, 0.717) is 4.88 Å². The van der Waals surface area contributed by atoms with Crippen molar-refractivity contribution in [3.05, 3.63) is 38.4 Å². The van der Waals surface area contributed by atoms with Gasteiger partial charge in [0.05, 0.1) is 5.56 Å². The molecule has 72 valence electrons. The number of thiophene rings is 1. The molecular formula is C8H7N3O2S. The first-order valence-corrected chi connectivity index (χ1v) is 4.62. The molecule has 0 unspecified atom stereocenters. The highest BCUT2D eigenvalue weighted by Crippen LogP contribution is 2.18. The molecule has 1 N–H and O–H groups in total. The quantitative estimate of drug-likeness (QED) is 0.469. The Hall–Kier alpha value is -1.78. The molecule has 0 aliphatic rings. The summed E-state index contributed by atoms with van der Waals surface area (Å²) in [5.74, 6) is -0.949. The van der Waals surface area contributed by atoms with Crippen molar-refractivity contribution < 1.29 is 9.90 Å². The summed E-state index contributed by atoms with van der Waals surface area (Å²) in [7, 11) is 0. The number of aromatic carboxylic acids is 1. The van der Waals surface area contributed by atoms with Crippen molar-refractivity contribution in [3.63, 3.8) is 0 Å². The summed E-state index contributed by atoms with van der Waals surface area (Å²) in [4.78, 5) is 13.9. The minimum Gasteiger partial charge on any atom is -0.478 e. The van der Waals surface area contributed by atoms with Crippen LogP contribution in [0.25, 0.3) is 16.5 Å². The maximum atomic E-state index is 10.7. The van der Waals surface area contributed by atoms with Crippen molar-refractivity contribution >= 4 is 23.4 Å². The van der Waals surface area contributed by atoms with Gasteiger partial charge < -0.3 is 5.11 Å². The van der Waals surface area contributed by atoms with Crippen molar-refractivity contribution in [2.75, 3.05) is 6.54 Å². The average molecular weight is 209 g/mol. The zero-order chi connectivity index (χ0) is 10.4. The third-order valence-corrected chi connectivity index (χ3v) is 2.33. The Morgan fingerprint density at radius 2 is 2.57 bits per heavy atom. The van der Waals surface area contributed by atoms with Crippen LogP contribution in [0.2, 0.25) is 0 Å². The molecule has 1 rings (SSSR count). The van der Waals surface area contributed by atoms with Crippen LogP contribution >= 0.6 is 11.3 Å². The summed E-state index contributed by atoms with van der Waals surface area (Å²) in [5.41, 5.74) is 8.27. The van der Waals surface area contributed by atoms with Gasteiger partial charge in [-0.2, -0.15) is 0 Å². The van der Waals surface area contributed by atoms with Gasteiger partial charge in [-0.15, -0.1) is 11.3 Å². The summed E-state index contributed by atoms with van der Waals surface area (Å²) < 4.78 is 0. The monoisotopic (exact) mass is 209 g/mol. The highest BCUT2D eigenvalue weighted by Gasteiger charge is 2.07. The molecule has 0 aromatic carbocycles. The van der Waals surface area contributed by atoms with Crippen LogP contribution in [0, 0.1) is 0 Å². The number of carbonyl (C=O) groups is 1. The lowest BCUT2D eigenvalue weighted by atomic mass is 10.2. The van der Waals surface area contributed by atoms with Crippen molar-refractivity contribution in [1.82, 2.24) is 0 Å². The fourth-order valence-corrected chi connectivity index (χ4v) is 1.68. The second-order valence-corrected chi connectivity index (χ2v) is 3.27. The standard InChI is InChI=1S/C8H7N3O2S/c9-11-10-4-1-2-7-6(8(12)13)3-5-14-7/h1-3,5H,4H2,(H,12,13). The van der Waals surface area contributed by atoms with Crippen LogP contribution in [0.5, 0.6) is 0 Å². The molecule has 1 aromatic rings. The highest BCUT2D eigenvalue weighted by molar-refractivity contribution is 7.11. The van der Waals surface area contributed by atoms with Crippen molar-refractivity contribution in [3.8, 4) is 0 Å². The molecule has 0 aliphatic carbocycles. The smallest absolute Gasteiger partial charge is 0.337 e. The van der Waals surface area contributed by atoms with Gasteiger partial charge in [0.2, 0.25) is 0 Å². The number of carboxylic acid groups (broad SMARTS) is 1. The molecule has 0 bridgehead atoms. The van der Waals surface area contributed by atoms with Crippen LogP contribution in [0.3, 0.4) is 0 Å². The van der Waals surface area contributed by atoms with Crippen molar-refractivity contribution in [1.29, 1.82) is 0 Å². The lowest BCUT2D eigenvalue weighted by molar-refractivity contribution is 0.0697. The third-order valence-electron chi connectivity index (χ3n) is 1.45. The Morgan fingerprint density at radius 1 is 1.79 bits per heavy atom. The minimum atomic E-state index is -0.949. The topological polar surface area (TPSA) is 86.1 Å². The van der Waals surface area contributed by atoms with E-state index in [0.717, 1.165) is 0 Å². The van der Waals surface area contributed by atoms with E-state index in [1.54, 1.807) is 23.6 Å². The van der Waals surface area contributed by atoms with Crippen molar-refractivity contribution in [2.24, 2.45) is 5.11 Å². The van der Waals surface area contributed by atoms with Gasteiger partial charge in [0.1, 0.15) is 0 Å². The third kappa shape index (κ3) is 2.62. The zero-order valence-corrected chi connectivity index (χ0v) is 7.94. The van der Waals surface area contributed by atoms with Crippen LogP contribution in [0.15, 0.2) is 22.6 Å². The molecule has 0 radical (unpaired) electrons. The Morgan fingerprint density at radius 3 is 3.21 bits per heavy atom. The molecule has 0 aliphatic heterocycles. The zero-order valence-electron chi connectivity index (χ0n) is 7.12. The molecule has 0 saturated heterocycles. The summed E-state index contributed by atoms with van der Waals surface area (Å²) in [6, 6.07) is 1.54. The van der Waals surface area contributed by atoms with Crippen LogP contribution < -0.4 is 0 Å². The molecule has 0 saturated carbocycles. The number of hydrogen-bond donors (Lipinski definition) is 1. The van der Waals surface area contributed by atoms with Gasteiger partial charge in [-0.3, -0.25) is 0 Å². The van der Waals surface area contributed by atoms with Gasteiger partial charge in [-0.05, 0) is 23.1 Å². The number of rotatable bonds is 4. The number of azide groups is 1. The molecular weight excluding hydrogens is 202 g/mol. The van der Waals surface area contributed by atoms with Gasteiger partial charge in [0.15, 0.2) is 0 Å². The average Bonchev–Trinajstić information content (AvgIpc) is 2.60. The molecule has 0 fully saturated rings. The second-order valence-electron chi connectivity index (χ2n) is 2.32. The predicted molar refractivity (Wildman–Crippen MR) is 54.3 cm³/mol.